The number of hydrogen-bond donors (Lipinski definition) is 1. The van der Waals surface area contributed by atoms with Gasteiger partial charge in [0.25, 0.3) is 0 Å². The van der Waals surface area contributed by atoms with Crippen LogP contribution in [0.25, 0.3) is 0 Å². The predicted molar refractivity (Wildman–Crippen MR) is 95.2 cm³/mol. The quantitative estimate of drug-likeness (QED) is 0.796. The summed E-state index contributed by atoms with van der Waals surface area (Å²) in [5, 5.41) is 2.76. The Balaban J connectivity index is 1.69. The molecule has 3 rings (SSSR count). The Bertz CT molecular complexity index is 749. The van der Waals surface area contributed by atoms with E-state index in [-0.39, 0.29) is 24.2 Å². The molecule has 2 heterocycles. The van der Waals surface area contributed by atoms with Crippen molar-refractivity contribution >= 4 is 55.2 Å². The van der Waals surface area contributed by atoms with Crippen LogP contribution in [0.3, 0.4) is 0 Å². The average Bonchev–Trinajstić information content (AvgIpc) is 2.92. The molecule has 1 N–H and O–H groups in total. The van der Waals surface area contributed by atoms with Gasteiger partial charge in [0.2, 0.25) is 11.8 Å². The van der Waals surface area contributed by atoms with Gasteiger partial charge in [0.15, 0.2) is 0 Å². The van der Waals surface area contributed by atoms with E-state index in [1.165, 1.54) is 0 Å². The van der Waals surface area contributed by atoms with Gasteiger partial charge in [-0.15, -0.1) is 0 Å². The van der Waals surface area contributed by atoms with Crippen LogP contribution in [-0.4, -0.2) is 23.3 Å². The molecule has 1 aromatic carbocycles. The van der Waals surface area contributed by atoms with Gasteiger partial charge >= 0.3 is 0 Å². The first-order valence-electron chi connectivity index (χ1n) is 7.01. The molecule has 0 saturated carbocycles. The molecule has 1 atom stereocenters. The SMILES string of the molecule is O=C(Nc1ccc(Br)cn1)[C@@H]1CC(=O)N(c2cccc(Br)c2)C1. The van der Waals surface area contributed by atoms with Crippen LogP contribution in [0.1, 0.15) is 6.42 Å². The first kappa shape index (κ1) is 16.1. The Kier molecular flexibility index (Phi) is 4.77. The van der Waals surface area contributed by atoms with Gasteiger partial charge in [0, 0.05) is 33.8 Å². The van der Waals surface area contributed by atoms with E-state index in [0.717, 1.165) is 14.6 Å². The third-order valence-electron chi connectivity index (χ3n) is 3.59. The molecule has 1 aliphatic heterocycles. The summed E-state index contributed by atoms with van der Waals surface area (Å²) in [6.07, 6.45) is 1.82. The largest absolute Gasteiger partial charge is 0.312 e. The lowest BCUT2D eigenvalue weighted by molar-refractivity contribution is -0.122. The molecule has 2 aromatic rings. The van der Waals surface area contributed by atoms with Crippen molar-refractivity contribution in [1.29, 1.82) is 0 Å². The number of hydrogen-bond acceptors (Lipinski definition) is 3. The van der Waals surface area contributed by atoms with Crippen LogP contribution in [-0.2, 0) is 9.59 Å². The van der Waals surface area contributed by atoms with Crippen LogP contribution in [0, 0.1) is 5.92 Å². The molecule has 1 aliphatic rings. The van der Waals surface area contributed by atoms with E-state index in [2.05, 4.69) is 42.2 Å². The fourth-order valence-electron chi connectivity index (χ4n) is 2.45. The summed E-state index contributed by atoms with van der Waals surface area (Å²) < 4.78 is 1.74. The molecule has 118 valence electrons. The van der Waals surface area contributed by atoms with E-state index in [4.69, 9.17) is 0 Å². The standard InChI is InChI=1S/C16H13Br2N3O2/c17-11-2-1-3-13(7-11)21-9-10(6-15(21)22)16(23)20-14-5-4-12(18)8-19-14/h1-5,7-8,10H,6,9H2,(H,19,20,23)/t10-/m1/s1. The molecule has 1 fully saturated rings. The maximum Gasteiger partial charge on any atom is 0.230 e. The fraction of sp³-hybridized carbons (Fsp3) is 0.188. The second-order valence-corrected chi connectivity index (χ2v) is 7.07. The minimum Gasteiger partial charge on any atom is -0.312 e. The number of carbonyl (C=O) groups excluding carboxylic acids is 2. The summed E-state index contributed by atoms with van der Waals surface area (Å²) in [5.41, 5.74) is 0.793. The second kappa shape index (κ2) is 6.80. The topological polar surface area (TPSA) is 62.3 Å². The van der Waals surface area contributed by atoms with Gasteiger partial charge in [-0.25, -0.2) is 4.98 Å². The number of carbonyl (C=O) groups is 2. The number of halogens is 2. The van der Waals surface area contributed by atoms with E-state index in [1.54, 1.807) is 23.2 Å². The van der Waals surface area contributed by atoms with E-state index in [1.807, 2.05) is 24.3 Å². The number of nitrogens with zero attached hydrogens (tertiary/aromatic N) is 2. The van der Waals surface area contributed by atoms with E-state index >= 15 is 0 Å². The van der Waals surface area contributed by atoms with Crippen molar-refractivity contribution in [3.8, 4) is 0 Å². The zero-order chi connectivity index (χ0) is 16.4. The van der Waals surface area contributed by atoms with E-state index < -0.39 is 0 Å². The molecule has 0 bridgehead atoms. The van der Waals surface area contributed by atoms with Gasteiger partial charge in [0.05, 0.1) is 5.92 Å². The van der Waals surface area contributed by atoms with Crippen LogP contribution in [0.4, 0.5) is 11.5 Å². The zero-order valence-corrected chi connectivity index (χ0v) is 15.2. The molecular weight excluding hydrogens is 426 g/mol. The molecular formula is C16H13Br2N3O2. The number of nitrogens with one attached hydrogen (secondary N) is 1. The Labute approximate surface area is 150 Å². The van der Waals surface area contributed by atoms with E-state index in [9.17, 15) is 9.59 Å². The van der Waals surface area contributed by atoms with Crippen LogP contribution in [0.2, 0.25) is 0 Å². The molecule has 0 aliphatic carbocycles. The van der Waals surface area contributed by atoms with Crippen LogP contribution >= 0.6 is 31.9 Å². The summed E-state index contributed by atoms with van der Waals surface area (Å²) >= 11 is 6.69. The Hall–Kier alpha value is -1.73. The minimum atomic E-state index is -0.382. The summed E-state index contributed by atoms with van der Waals surface area (Å²) in [7, 11) is 0. The number of aromatic nitrogens is 1. The summed E-state index contributed by atoms with van der Waals surface area (Å²) in [6.45, 7) is 0.373. The monoisotopic (exact) mass is 437 g/mol. The van der Waals surface area contributed by atoms with Gasteiger partial charge in [0.1, 0.15) is 5.82 Å². The van der Waals surface area contributed by atoms with Gasteiger partial charge in [-0.1, -0.05) is 22.0 Å². The highest BCUT2D eigenvalue weighted by molar-refractivity contribution is 9.10. The Morgan fingerprint density at radius 2 is 2.04 bits per heavy atom. The highest BCUT2D eigenvalue weighted by atomic mass is 79.9. The second-order valence-electron chi connectivity index (χ2n) is 5.24. The van der Waals surface area contributed by atoms with Crippen molar-refractivity contribution in [2.24, 2.45) is 5.92 Å². The van der Waals surface area contributed by atoms with Gasteiger partial charge in [-0.2, -0.15) is 0 Å². The van der Waals surface area contributed by atoms with Crippen LogP contribution in [0.15, 0.2) is 51.5 Å². The lowest BCUT2D eigenvalue weighted by atomic mass is 10.1. The van der Waals surface area contributed by atoms with Crippen molar-refractivity contribution < 1.29 is 9.59 Å². The number of amides is 2. The molecule has 2 amide bonds. The molecule has 0 radical (unpaired) electrons. The Morgan fingerprint density at radius 1 is 1.22 bits per heavy atom. The van der Waals surface area contributed by atoms with Crippen molar-refractivity contribution in [2.45, 2.75) is 6.42 Å². The Morgan fingerprint density at radius 3 is 2.74 bits per heavy atom. The summed E-state index contributed by atoms with van der Waals surface area (Å²) in [6, 6.07) is 11.0. The van der Waals surface area contributed by atoms with Crippen molar-refractivity contribution in [1.82, 2.24) is 4.98 Å². The molecule has 23 heavy (non-hydrogen) atoms. The maximum atomic E-state index is 12.3. The molecule has 1 saturated heterocycles. The molecule has 0 spiro atoms. The van der Waals surface area contributed by atoms with Crippen molar-refractivity contribution in [2.75, 3.05) is 16.8 Å². The smallest absolute Gasteiger partial charge is 0.230 e. The third kappa shape index (κ3) is 3.79. The first-order chi connectivity index (χ1) is 11.0. The average molecular weight is 439 g/mol. The predicted octanol–water partition coefficient (Wildman–Crippen LogP) is 3.60. The fourth-order valence-corrected chi connectivity index (χ4v) is 3.08. The third-order valence-corrected chi connectivity index (χ3v) is 4.56. The van der Waals surface area contributed by atoms with Gasteiger partial charge in [-0.05, 0) is 46.3 Å². The van der Waals surface area contributed by atoms with Crippen molar-refractivity contribution in [3.63, 3.8) is 0 Å². The lowest BCUT2D eigenvalue weighted by Gasteiger charge is -2.17. The zero-order valence-electron chi connectivity index (χ0n) is 12.0. The highest BCUT2D eigenvalue weighted by Crippen LogP contribution is 2.27. The highest BCUT2D eigenvalue weighted by Gasteiger charge is 2.35. The minimum absolute atomic E-state index is 0.0491. The van der Waals surface area contributed by atoms with Crippen LogP contribution < -0.4 is 10.2 Å². The molecule has 5 nitrogen and oxygen atoms in total. The van der Waals surface area contributed by atoms with Gasteiger partial charge in [-0.3, -0.25) is 9.59 Å². The van der Waals surface area contributed by atoms with Crippen LogP contribution in [0.5, 0.6) is 0 Å². The first-order valence-corrected chi connectivity index (χ1v) is 8.60. The molecule has 1 aromatic heterocycles. The summed E-state index contributed by atoms with van der Waals surface area (Å²) in [4.78, 5) is 30.3. The number of benzene rings is 1. The van der Waals surface area contributed by atoms with Gasteiger partial charge < -0.3 is 10.2 Å². The van der Waals surface area contributed by atoms with E-state index in [0.29, 0.717) is 12.4 Å². The summed E-state index contributed by atoms with van der Waals surface area (Å²) in [5.74, 6) is -0.142. The maximum absolute atomic E-state index is 12.3. The van der Waals surface area contributed by atoms with Crippen molar-refractivity contribution in [3.05, 3.63) is 51.5 Å². The number of pyridine rings is 1. The number of rotatable bonds is 3. The lowest BCUT2D eigenvalue weighted by Crippen LogP contribution is -2.28. The molecule has 7 heteroatoms. The normalized spacial score (nSPS) is 17.4. The molecule has 0 unspecified atom stereocenters. The number of anilines is 2.